The lowest BCUT2D eigenvalue weighted by molar-refractivity contribution is 0.247. The Kier molecular flexibility index (Phi) is 2.32. The van der Waals surface area contributed by atoms with Gasteiger partial charge in [-0.3, -0.25) is 4.98 Å². The molecule has 0 aliphatic rings. The van der Waals surface area contributed by atoms with Crippen LogP contribution in [0.3, 0.4) is 0 Å². The largest absolute Gasteiger partial charge is 0.556 e. The summed E-state index contributed by atoms with van der Waals surface area (Å²) in [6.07, 6.45) is 2.56. The molecule has 0 saturated heterocycles. The van der Waals surface area contributed by atoms with Gasteiger partial charge in [0, 0.05) is 12.4 Å². The molecule has 0 radical (unpaired) electrons. The average Bonchev–Trinajstić information content (AvgIpc) is 2.03. The fourth-order valence-corrected chi connectivity index (χ4v) is 0.871. The van der Waals surface area contributed by atoms with Gasteiger partial charge < -0.3 is 19.8 Å². The average molecular weight is 170 g/mol. The Labute approximate surface area is 69.3 Å². The first-order valence-electron chi connectivity index (χ1n) is 3.35. The molecule has 6 heteroatoms. The van der Waals surface area contributed by atoms with Gasteiger partial charge in [0.2, 0.25) is 0 Å². The van der Waals surface area contributed by atoms with Crippen molar-refractivity contribution in [3.8, 4) is 5.75 Å². The second-order valence-corrected chi connectivity index (χ2v) is 2.35. The zero-order chi connectivity index (χ0) is 9.19. The van der Waals surface area contributed by atoms with Gasteiger partial charge in [-0.2, -0.15) is 0 Å². The maximum Gasteiger partial charge on any atom is 0.407 e. The molecular weight excluding hydrogens is 161 g/mol. The zero-order valence-corrected chi connectivity index (χ0v) is 6.51. The number of hydrogen-bond donors (Lipinski definition) is 3. The minimum absolute atomic E-state index is 0.125. The maximum absolute atomic E-state index is 8.85. The summed E-state index contributed by atoms with van der Waals surface area (Å²) in [5.74, 6) is 0.192. The van der Waals surface area contributed by atoms with Gasteiger partial charge in [0.05, 0.1) is 12.9 Å². The number of pyridine rings is 1. The van der Waals surface area contributed by atoms with Crippen molar-refractivity contribution in [2.75, 3.05) is 7.11 Å². The van der Waals surface area contributed by atoms with E-state index in [0.29, 0.717) is 0 Å². The number of aromatic nitrogens is 1. The molecule has 0 atom stereocenters. The summed E-state index contributed by atoms with van der Waals surface area (Å²) in [6, 6.07) is 1.43. The molecule has 0 aromatic carbocycles. The Morgan fingerprint density at radius 1 is 1.42 bits per heavy atom. The predicted molar refractivity (Wildman–Crippen MR) is 42.8 cm³/mol. The van der Waals surface area contributed by atoms with Crippen molar-refractivity contribution in [3.63, 3.8) is 0 Å². The minimum Gasteiger partial charge on any atom is -0.556 e. The number of ether oxygens (including phenoxy) is 1. The molecule has 0 bridgehead atoms. The van der Waals surface area contributed by atoms with E-state index in [2.05, 4.69) is 4.98 Å². The number of hydrogen-bond acceptors (Lipinski definition) is 5. The molecular formula is C6H9BNO4-. The third kappa shape index (κ3) is 1.73. The Balaban J connectivity index is 3.14. The Hall–Kier alpha value is -1.11. The van der Waals surface area contributed by atoms with Crippen LogP contribution >= 0.6 is 0 Å². The van der Waals surface area contributed by atoms with Crippen LogP contribution in [0.1, 0.15) is 0 Å². The van der Waals surface area contributed by atoms with Gasteiger partial charge in [-0.1, -0.05) is 5.46 Å². The molecule has 0 unspecified atom stereocenters. The summed E-state index contributed by atoms with van der Waals surface area (Å²) in [5, 5.41) is 26.6. The van der Waals surface area contributed by atoms with E-state index in [4.69, 9.17) is 19.8 Å². The highest BCUT2D eigenvalue weighted by atomic mass is 16.5. The Morgan fingerprint density at radius 3 is 2.50 bits per heavy atom. The summed E-state index contributed by atoms with van der Waals surface area (Å²) in [4.78, 5) is 3.62. The molecule has 1 aromatic heterocycles. The summed E-state index contributed by atoms with van der Waals surface area (Å²) >= 11 is 0. The van der Waals surface area contributed by atoms with E-state index < -0.39 is 6.75 Å². The van der Waals surface area contributed by atoms with Crippen molar-refractivity contribution in [1.29, 1.82) is 0 Å². The molecule has 1 aromatic rings. The van der Waals surface area contributed by atoms with Gasteiger partial charge in [-0.15, -0.1) is 0 Å². The molecule has 1 rings (SSSR count). The molecule has 0 aliphatic carbocycles. The molecule has 5 nitrogen and oxygen atoms in total. The summed E-state index contributed by atoms with van der Waals surface area (Å²) in [5.41, 5.74) is -0.125. The molecule has 12 heavy (non-hydrogen) atoms. The van der Waals surface area contributed by atoms with E-state index in [1.807, 2.05) is 0 Å². The van der Waals surface area contributed by atoms with Gasteiger partial charge >= 0.3 is 6.75 Å². The van der Waals surface area contributed by atoms with Gasteiger partial charge in [-0.05, 0) is 6.07 Å². The lowest BCUT2D eigenvalue weighted by atomic mass is 9.71. The highest BCUT2D eigenvalue weighted by Crippen LogP contribution is 2.06. The van der Waals surface area contributed by atoms with Crippen LogP contribution in [0.5, 0.6) is 5.75 Å². The second kappa shape index (κ2) is 3.10. The minimum atomic E-state index is -3.53. The molecule has 0 fully saturated rings. The molecule has 3 N–H and O–H groups in total. The van der Waals surface area contributed by atoms with Crippen LogP contribution in [-0.2, 0) is 0 Å². The molecule has 0 aliphatic heterocycles. The summed E-state index contributed by atoms with van der Waals surface area (Å²) in [7, 11) is 1.36. The van der Waals surface area contributed by atoms with Crippen LogP contribution in [0, 0.1) is 0 Å². The lowest BCUT2D eigenvalue weighted by Crippen LogP contribution is -2.49. The van der Waals surface area contributed by atoms with E-state index in [9.17, 15) is 0 Å². The van der Waals surface area contributed by atoms with Crippen LogP contribution in [0.15, 0.2) is 18.5 Å². The molecule has 1 heterocycles. The summed E-state index contributed by atoms with van der Waals surface area (Å²) < 4.78 is 4.77. The molecule has 0 spiro atoms. The van der Waals surface area contributed by atoms with Crippen LogP contribution < -0.4 is 10.2 Å². The standard InChI is InChI=1S/C6H9BNO4/c1-12-6-2-3-8-4-5(6)7(9,10)11/h2-4,9-11H,1H3/q-1. The highest BCUT2D eigenvalue weighted by Gasteiger charge is 2.22. The van der Waals surface area contributed by atoms with E-state index in [0.717, 1.165) is 6.20 Å². The highest BCUT2D eigenvalue weighted by molar-refractivity contribution is 6.72. The van der Waals surface area contributed by atoms with Crippen molar-refractivity contribution < 1.29 is 19.8 Å². The zero-order valence-electron chi connectivity index (χ0n) is 6.51. The molecule has 0 amide bonds. The van der Waals surface area contributed by atoms with E-state index in [1.54, 1.807) is 0 Å². The lowest BCUT2D eigenvalue weighted by Gasteiger charge is -2.22. The van der Waals surface area contributed by atoms with Crippen LogP contribution in [0.2, 0.25) is 0 Å². The first kappa shape index (κ1) is 8.99. The smallest absolute Gasteiger partial charge is 0.407 e. The predicted octanol–water partition coefficient (Wildman–Crippen LogP) is -1.79. The fourth-order valence-electron chi connectivity index (χ4n) is 0.871. The van der Waals surface area contributed by atoms with Gasteiger partial charge in [0.1, 0.15) is 0 Å². The SMILES string of the molecule is COc1ccncc1[B-](O)(O)O. The van der Waals surface area contributed by atoms with Crippen molar-refractivity contribution >= 4 is 12.2 Å². The van der Waals surface area contributed by atoms with Crippen LogP contribution in [-0.4, -0.2) is 33.9 Å². The first-order valence-corrected chi connectivity index (χ1v) is 3.35. The number of nitrogens with zero attached hydrogens (tertiary/aromatic N) is 1. The van der Waals surface area contributed by atoms with Gasteiger partial charge in [0.15, 0.2) is 0 Å². The number of rotatable bonds is 2. The van der Waals surface area contributed by atoms with Crippen molar-refractivity contribution in [3.05, 3.63) is 18.5 Å². The quantitative estimate of drug-likeness (QED) is 0.456. The van der Waals surface area contributed by atoms with E-state index in [-0.39, 0.29) is 11.2 Å². The van der Waals surface area contributed by atoms with Crippen molar-refractivity contribution in [1.82, 2.24) is 4.98 Å². The summed E-state index contributed by atoms with van der Waals surface area (Å²) in [6.45, 7) is -3.53. The molecule has 66 valence electrons. The van der Waals surface area contributed by atoms with Crippen molar-refractivity contribution in [2.45, 2.75) is 0 Å². The number of methoxy groups -OCH3 is 1. The van der Waals surface area contributed by atoms with Crippen LogP contribution in [0.25, 0.3) is 0 Å². The topological polar surface area (TPSA) is 82.8 Å². The Bertz CT molecular complexity index is 272. The van der Waals surface area contributed by atoms with Crippen LogP contribution in [0.4, 0.5) is 0 Å². The van der Waals surface area contributed by atoms with E-state index in [1.165, 1.54) is 19.4 Å². The fraction of sp³-hybridized carbons (Fsp3) is 0.167. The van der Waals surface area contributed by atoms with Gasteiger partial charge in [-0.25, -0.2) is 0 Å². The van der Waals surface area contributed by atoms with E-state index >= 15 is 0 Å². The maximum atomic E-state index is 8.85. The first-order chi connectivity index (χ1) is 5.55. The third-order valence-electron chi connectivity index (χ3n) is 1.45. The van der Waals surface area contributed by atoms with Gasteiger partial charge in [0.25, 0.3) is 0 Å². The van der Waals surface area contributed by atoms with Crippen molar-refractivity contribution in [2.24, 2.45) is 0 Å². The molecule has 0 saturated carbocycles. The third-order valence-corrected chi connectivity index (χ3v) is 1.45. The Morgan fingerprint density at radius 2 is 2.08 bits per heavy atom. The normalized spacial score (nSPS) is 11.3. The monoisotopic (exact) mass is 170 g/mol. The second-order valence-electron chi connectivity index (χ2n) is 2.35.